The summed E-state index contributed by atoms with van der Waals surface area (Å²) in [6.45, 7) is 3.96. The SMILES string of the molecule is C=CCn1c(S[C@@H](C(=O)NC(=O)NC)c2ccccc2)nc2ccccc2c1=O. The lowest BCUT2D eigenvalue weighted by Crippen LogP contribution is -2.39. The fraction of sp³-hybridized carbons (Fsp3) is 0.143. The molecular weight excluding hydrogens is 388 g/mol. The number of benzene rings is 2. The van der Waals surface area contributed by atoms with Gasteiger partial charge in [-0.3, -0.25) is 19.5 Å². The summed E-state index contributed by atoms with van der Waals surface area (Å²) >= 11 is 1.11. The molecule has 1 atom stereocenters. The quantitative estimate of drug-likeness (QED) is 0.372. The van der Waals surface area contributed by atoms with E-state index in [1.54, 1.807) is 54.6 Å². The van der Waals surface area contributed by atoms with Crippen LogP contribution in [-0.2, 0) is 11.3 Å². The normalized spacial score (nSPS) is 11.6. The Kier molecular flexibility index (Phi) is 6.46. The first-order chi connectivity index (χ1) is 14.0. The number of imide groups is 1. The maximum absolute atomic E-state index is 12.9. The molecule has 0 fully saturated rings. The number of allylic oxidation sites excluding steroid dienone is 1. The number of aromatic nitrogens is 2. The molecule has 0 aliphatic heterocycles. The largest absolute Gasteiger partial charge is 0.341 e. The Morgan fingerprint density at radius 2 is 1.86 bits per heavy atom. The Bertz CT molecular complexity index is 1110. The van der Waals surface area contributed by atoms with E-state index >= 15 is 0 Å². The molecule has 0 spiro atoms. The third-order valence-corrected chi connectivity index (χ3v) is 5.41. The number of hydrogen-bond acceptors (Lipinski definition) is 5. The molecule has 7 nitrogen and oxygen atoms in total. The van der Waals surface area contributed by atoms with Gasteiger partial charge in [0.2, 0.25) is 5.91 Å². The standard InChI is InChI=1S/C21H20N4O3S/c1-3-13-25-19(27)15-11-7-8-12-16(15)23-21(25)29-17(14-9-5-4-6-10-14)18(26)24-20(28)22-2/h3-12,17H,1,13H2,2H3,(H2,22,24,26,28)/t17-/m1/s1. The summed E-state index contributed by atoms with van der Waals surface area (Å²) in [5.41, 5.74) is 1.02. The maximum Gasteiger partial charge on any atom is 0.321 e. The van der Waals surface area contributed by atoms with Crippen molar-refractivity contribution in [1.82, 2.24) is 20.2 Å². The van der Waals surface area contributed by atoms with Crippen LogP contribution in [0.4, 0.5) is 4.79 Å². The first-order valence-electron chi connectivity index (χ1n) is 8.89. The lowest BCUT2D eigenvalue weighted by Gasteiger charge is -2.18. The first-order valence-corrected chi connectivity index (χ1v) is 9.77. The lowest BCUT2D eigenvalue weighted by atomic mass is 10.1. The number of rotatable bonds is 6. The van der Waals surface area contributed by atoms with E-state index in [1.807, 2.05) is 6.07 Å². The molecule has 0 radical (unpaired) electrons. The lowest BCUT2D eigenvalue weighted by molar-refractivity contribution is -0.119. The van der Waals surface area contributed by atoms with Gasteiger partial charge < -0.3 is 5.32 Å². The van der Waals surface area contributed by atoms with Gasteiger partial charge in [0, 0.05) is 13.6 Å². The molecule has 0 aliphatic rings. The Morgan fingerprint density at radius 1 is 1.17 bits per heavy atom. The van der Waals surface area contributed by atoms with Crippen LogP contribution >= 0.6 is 11.8 Å². The Morgan fingerprint density at radius 3 is 2.55 bits per heavy atom. The summed E-state index contributed by atoms with van der Waals surface area (Å²) in [4.78, 5) is 42.0. The zero-order valence-electron chi connectivity index (χ0n) is 15.8. The van der Waals surface area contributed by atoms with Crippen LogP contribution in [0.1, 0.15) is 10.8 Å². The van der Waals surface area contributed by atoms with Crippen LogP contribution < -0.4 is 16.2 Å². The van der Waals surface area contributed by atoms with Crippen molar-refractivity contribution in [1.29, 1.82) is 0 Å². The van der Waals surface area contributed by atoms with Gasteiger partial charge in [-0.05, 0) is 17.7 Å². The predicted octanol–water partition coefficient (Wildman–Crippen LogP) is 2.87. The topological polar surface area (TPSA) is 93.1 Å². The van der Waals surface area contributed by atoms with Gasteiger partial charge in [0.25, 0.3) is 5.56 Å². The van der Waals surface area contributed by atoms with Crippen molar-refractivity contribution in [3.05, 3.63) is 83.2 Å². The molecule has 8 heteroatoms. The van der Waals surface area contributed by atoms with Gasteiger partial charge in [0.15, 0.2) is 5.16 Å². The molecule has 3 rings (SSSR count). The summed E-state index contributed by atoms with van der Waals surface area (Å²) in [6, 6.07) is 15.5. The smallest absolute Gasteiger partial charge is 0.321 e. The molecule has 29 heavy (non-hydrogen) atoms. The molecule has 0 saturated carbocycles. The monoisotopic (exact) mass is 408 g/mol. The Hall–Kier alpha value is -3.39. The van der Waals surface area contributed by atoms with Gasteiger partial charge in [-0.15, -0.1) is 6.58 Å². The van der Waals surface area contributed by atoms with Crippen LogP contribution in [0.15, 0.2) is 77.2 Å². The van der Waals surface area contributed by atoms with E-state index in [4.69, 9.17) is 0 Å². The average molecular weight is 408 g/mol. The molecule has 0 aliphatic carbocycles. The molecule has 1 heterocycles. The van der Waals surface area contributed by atoms with E-state index in [-0.39, 0.29) is 12.1 Å². The van der Waals surface area contributed by atoms with Crippen LogP contribution in [0.2, 0.25) is 0 Å². The van der Waals surface area contributed by atoms with E-state index in [0.717, 1.165) is 11.8 Å². The third-order valence-electron chi connectivity index (χ3n) is 4.17. The highest BCUT2D eigenvalue weighted by Gasteiger charge is 2.26. The maximum atomic E-state index is 12.9. The first kappa shape index (κ1) is 20.3. The van der Waals surface area contributed by atoms with Crippen molar-refractivity contribution in [2.24, 2.45) is 0 Å². The van der Waals surface area contributed by atoms with Crippen molar-refractivity contribution in [3.63, 3.8) is 0 Å². The minimum absolute atomic E-state index is 0.212. The fourth-order valence-corrected chi connectivity index (χ4v) is 3.88. The average Bonchev–Trinajstić information content (AvgIpc) is 2.75. The van der Waals surface area contributed by atoms with Gasteiger partial charge in [0.05, 0.1) is 10.9 Å². The summed E-state index contributed by atoms with van der Waals surface area (Å²) in [5, 5.41) is 4.75. The van der Waals surface area contributed by atoms with Crippen molar-refractivity contribution in [2.75, 3.05) is 7.05 Å². The van der Waals surface area contributed by atoms with Gasteiger partial charge in [-0.25, -0.2) is 9.78 Å². The second-order valence-electron chi connectivity index (χ2n) is 6.09. The zero-order chi connectivity index (χ0) is 20.8. The summed E-state index contributed by atoms with van der Waals surface area (Å²) < 4.78 is 1.48. The van der Waals surface area contributed by atoms with E-state index in [2.05, 4.69) is 22.2 Å². The van der Waals surface area contributed by atoms with Gasteiger partial charge in [-0.2, -0.15) is 0 Å². The highest BCUT2D eigenvalue weighted by molar-refractivity contribution is 8.00. The summed E-state index contributed by atoms with van der Waals surface area (Å²) in [6.07, 6.45) is 1.60. The molecule has 1 aromatic heterocycles. The van der Waals surface area contributed by atoms with Crippen LogP contribution in [0.5, 0.6) is 0 Å². The number of thioether (sulfide) groups is 1. The van der Waals surface area contributed by atoms with Gasteiger partial charge in [0.1, 0.15) is 5.25 Å². The summed E-state index contributed by atoms with van der Waals surface area (Å²) in [5.74, 6) is -0.506. The number of nitrogens with zero attached hydrogens (tertiary/aromatic N) is 2. The van der Waals surface area contributed by atoms with Gasteiger partial charge in [-0.1, -0.05) is 60.3 Å². The Balaban J connectivity index is 2.09. The van der Waals surface area contributed by atoms with Crippen molar-refractivity contribution in [3.8, 4) is 0 Å². The number of para-hydroxylation sites is 1. The van der Waals surface area contributed by atoms with Crippen molar-refractivity contribution >= 4 is 34.6 Å². The minimum Gasteiger partial charge on any atom is -0.341 e. The van der Waals surface area contributed by atoms with E-state index in [9.17, 15) is 14.4 Å². The number of nitrogens with one attached hydrogen (secondary N) is 2. The van der Waals surface area contributed by atoms with Gasteiger partial charge >= 0.3 is 6.03 Å². The van der Waals surface area contributed by atoms with E-state index in [1.165, 1.54) is 11.6 Å². The molecule has 2 aromatic carbocycles. The van der Waals surface area contributed by atoms with Crippen LogP contribution in [0.3, 0.4) is 0 Å². The molecule has 3 aromatic rings. The fourth-order valence-electron chi connectivity index (χ4n) is 2.77. The van der Waals surface area contributed by atoms with E-state index in [0.29, 0.717) is 21.6 Å². The number of urea groups is 1. The van der Waals surface area contributed by atoms with Crippen molar-refractivity contribution < 1.29 is 9.59 Å². The molecule has 0 bridgehead atoms. The van der Waals surface area contributed by atoms with Crippen LogP contribution in [-0.4, -0.2) is 28.5 Å². The van der Waals surface area contributed by atoms with Crippen molar-refractivity contribution in [2.45, 2.75) is 17.0 Å². The molecule has 3 amide bonds. The minimum atomic E-state index is -0.780. The molecule has 148 valence electrons. The van der Waals surface area contributed by atoms with E-state index < -0.39 is 17.2 Å². The van der Waals surface area contributed by atoms with Crippen LogP contribution in [0.25, 0.3) is 10.9 Å². The summed E-state index contributed by atoms with van der Waals surface area (Å²) in [7, 11) is 1.43. The molecular formula is C21H20N4O3S. The highest BCUT2D eigenvalue weighted by atomic mass is 32.2. The third kappa shape index (κ3) is 4.55. The van der Waals surface area contributed by atoms with Crippen LogP contribution in [0, 0.1) is 0 Å². The molecule has 2 N–H and O–H groups in total. The number of carbonyl (C=O) groups excluding carboxylic acids is 2. The zero-order valence-corrected chi connectivity index (χ0v) is 16.6. The second-order valence-corrected chi connectivity index (χ2v) is 7.17. The molecule has 0 saturated heterocycles. The second kappa shape index (κ2) is 9.20. The number of carbonyl (C=O) groups is 2. The number of amides is 3. The molecule has 0 unspecified atom stereocenters. The number of hydrogen-bond donors (Lipinski definition) is 2. The Labute approximate surface area is 171 Å². The highest BCUT2D eigenvalue weighted by Crippen LogP contribution is 2.34. The predicted molar refractivity (Wildman–Crippen MR) is 114 cm³/mol. The number of fused-ring (bicyclic) bond motifs is 1.